The Kier molecular flexibility index (Phi) is 9.99. The summed E-state index contributed by atoms with van der Waals surface area (Å²) in [6, 6.07) is 8.99. The van der Waals surface area contributed by atoms with Crippen LogP contribution >= 0.6 is 36.7 Å². The van der Waals surface area contributed by atoms with E-state index in [1.165, 1.54) is 5.56 Å². The molecule has 0 aromatic heterocycles. The Balaban J connectivity index is 1.78. The Morgan fingerprint density at radius 2 is 1.54 bits per heavy atom. The molecular formula is C19H23N3O2S3Si. The molecule has 5 nitrogen and oxygen atoms in total. The average Bonchev–Trinajstić information content (AvgIpc) is 2.72. The minimum atomic E-state index is -2.81. The molecule has 1 aromatic rings. The molecule has 2 rings (SSSR count). The molecular weight excluding hydrogens is 427 g/mol. The zero-order valence-corrected chi connectivity index (χ0v) is 19.2. The van der Waals surface area contributed by atoms with Gasteiger partial charge < -0.3 is 9.47 Å². The zero-order chi connectivity index (χ0) is 20.2. The van der Waals surface area contributed by atoms with Gasteiger partial charge in [-0.05, 0) is 92.4 Å². The zero-order valence-electron chi connectivity index (χ0n) is 15.8. The van der Waals surface area contributed by atoms with Gasteiger partial charge in [-0.15, -0.1) is 0 Å². The topological polar surface area (TPSA) is 55.5 Å². The smallest absolute Gasteiger partial charge is 0.461 e. The first-order valence-electron chi connectivity index (χ1n) is 9.19. The van der Waals surface area contributed by atoms with Crippen LogP contribution < -0.4 is 4.74 Å². The van der Waals surface area contributed by atoms with Gasteiger partial charge in [0, 0.05) is 12.7 Å². The number of isothiocyanates is 3. The molecule has 0 bridgehead atoms. The van der Waals surface area contributed by atoms with Crippen LogP contribution in [0.1, 0.15) is 43.6 Å². The van der Waals surface area contributed by atoms with Crippen LogP contribution in [-0.2, 0) is 4.74 Å². The second kappa shape index (κ2) is 12.2. The lowest BCUT2D eigenvalue weighted by molar-refractivity contribution is 0.0250. The van der Waals surface area contributed by atoms with Crippen molar-refractivity contribution in [2.24, 2.45) is 14.0 Å². The summed E-state index contributed by atoms with van der Waals surface area (Å²) >= 11 is 14.1. The Hall–Kier alpha value is -1.40. The summed E-state index contributed by atoms with van der Waals surface area (Å²) in [6.45, 7) is 0.624. The van der Waals surface area contributed by atoms with Crippen LogP contribution in [0.3, 0.4) is 0 Å². The lowest BCUT2D eigenvalue weighted by atomic mass is 9.83. The summed E-state index contributed by atoms with van der Waals surface area (Å²) in [5, 5.41) is 7.07. The van der Waals surface area contributed by atoms with Crippen molar-refractivity contribution in [1.82, 2.24) is 0 Å². The molecule has 28 heavy (non-hydrogen) atoms. The van der Waals surface area contributed by atoms with E-state index in [-0.39, 0.29) is 0 Å². The molecule has 1 aromatic carbocycles. The molecule has 1 aliphatic rings. The predicted molar refractivity (Wildman–Crippen MR) is 124 cm³/mol. The predicted octanol–water partition coefficient (Wildman–Crippen LogP) is 5.38. The van der Waals surface area contributed by atoms with Gasteiger partial charge in [0.05, 0.1) is 28.7 Å². The minimum absolute atomic E-state index is 0.294. The first kappa shape index (κ1) is 22.9. The van der Waals surface area contributed by atoms with Gasteiger partial charge >= 0.3 is 8.56 Å². The highest BCUT2D eigenvalue weighted by Crippen LogP contribution is 2.34. The van der Waals surface area contributed by atoms with Crippen molar-refractivity contribution in [3.05, 3.63) is 29.8 Å². The summed E-state index contributed by atoms with van der Waals surface area (Å²) in [5.41, 5.74) is 1.38. The van der Waals surface area contributed by atoms with Crippen LogP contribution in [0, 0.1) is 0 Å². The molecule has 1 saturated carbocycles. The van der Waals surface area contributed by atoms with E-state index in [2.05, 4.69) is 41.6 Å². The fourth-order valence-corrected chi connectivity index (χ4v) is 6.32. The van der Waals surface area contributed by atoms with E-state index in [1.54, 1.807) is 7.11 Å². The minimum Gasteiger partial charge on any atom is -0.497 e. The average molecular weight is 450 g/mol. The fourth-order valence-electron chi connectivity index (χ4n) is 3.46. The van der Waals surface area contributed by atoms with E-state index in [0.29, 0.717) is 24.7 Å². The number of methoxy groups -OCH3 is 1. The van der Waals surface area contributed by atoms with E-state index in [0.717, 1.165) is 37.9 Å². The molecule has 0 atom stereocenters. The van der Waals surface area contributed by atoms with Gasteiger partial charge in [-0.1, -0.05) is 12.1 Å². The van der Waals surface area contributed by atoms with Crippen LogP contribution in [0.2, 0.25) is 6.04 Å². The molecule has 0 amide bonds. The third-order valence-corrected chi connectivity index (χ3v) is 8.14. The number of rotatable bonds is 10. The maximum atomic E-state index is 6.07. The fraction of sp³-hybridized carbons (Fsp3) is 0.526. The SMILES string of the molecule is COc1ccc(C2CCC(OCCC[Si](N=C=S)(N=C=S)N=C=S)CC2)cc1. The molecule has 0 aliphatic heterocycles. The number of hydrogen-bond acceptors (Lipinski definition) is 8. The van der Waals surface area contributed by atoms with Crippen molar-refractivity contribution < 1.29 is 9.47 Å². The van der Waals surface area contributed by atoms with Crippen molar-refractivity contribution in [2.75, 3.05) is 13.7 Å². The molecule has 0 radical (unpaired) electrons. The van der Waals surface area contributed by atoms with E-state index in [4.69, 9.17) is 46.1 Å². The second-order valence-corrected chi connectivity index (χ2v) is 9.87. The van der Waals surface area contributed by atoms with Crippen molar-refractivity contribution in [3.8, 4) is 5.75 Å². The van der Waals surface area contributed by atoms with Crippen LogP contribution in [-0.4, -0.2) is 43.9 Å². The molecule has 0 N–H and O–H groups in total. The van der Waals surface area contributed by atoms with Crippen molar-refractivity contribution in [2.45, 2.75) is 50.2 Å². The second-order valence-electron chi connectivity index (χ2n) is 6.60. The molecule has 0 spiro atoms. The van der Waals surface area contributed by atoms with Crippen molar-refractivity contribution in [1.29, 1.82) is 0 Å². The maximum Gasteiger partial charge on any atom is 0.461 e. The molecule has 148 valence electrons. The first-order chi connectivity index (χ1) is 13.7. The Morgan fingerprint density at radius 1 is 0.964 bits per heavy atom. The molecule has 1 fully saturated rings. The molecule has 1 aliphatic carbocycles. The highest BCUT2D eigenvalue weighted by atomic mass is 32.1. The summed E-state index contributed by atoms with van der Waals surface area (Å²) in [6.07, 6.45) is 5.44. The third kappa shape index (κ3) is 6.89. The lowest BCUT2D eigenvalue weighted by Crippen LogP contribution is -2.28. The van der Waals surface area contributed by atoms with Crippen molar-refractivity contribution in [3.63, 3.8) is 0 Å². The summed E-state index contributed by atoms with van der Waals surface area (Å²) in [4.78, 5) is 0. The van der Waals surface area contributed by atoms with Crippen LogP contribution in [0.5, 0.6) is 5.75 Å². The highest BCUT2D eigenvalue weighted by Gasteiger charge is 2.34. The van der Waals surface area contributed by atoms with E-state index in [1.807, 2.05) is 12.1 Å². The summed E-state index contributed by atoms with van der Waals surface area (Å²) in [7, 11) is -1.12. The van der Waals surface area contributed by atoms with Crippen LogP contribution in [0.25, 0.3) is 0 Å². The van der Waals surface area contributed by atoms with Gasteiger partial charge in [0.2, 0.25) is 0 Å². The number of thiocarbonyl (C=S) groups is 3. The lowest BCUT2D eigenvalue weighted by Gasteiger charge is -2.29. The van der Waals surface area contributed by atoms with Crippen molar-refractivity contribution >= 4 is 60.7 Å². The Morgan fingerprint density at radius 3 is 2.04 bits per heavy atom. The normalized spacial score (nSPS) is 20.6. The van der Waals surface area contributed by atoms with Gasteiger partial charge in [0.1, 0.15) is 5.75 Å². The Bertz CT molecular complexity index is 733. The largest absolute Gasteiger partial charge is 0.497 e. The number of nitrogens with zero attached hydrogens (tertiary/aromatic N) is 3. The molecule has 0 saturated heterocycles. The molecule has 0 unspecified atom stereocenters. The third-order valence-electron chi connectivity index (χ3n) is 4.95. The van der Waals surface area contributed by atoms with Crippen LogP contribution in [0.15, 0.2) is 38.2 Å². The molecule has 9 heteroatoms. The van der Waals surface area contributed by atoms with Gasteiger partial charge in [-0.2, -0.15) is 0 Å². The number of ether oxygens (including phenoxy) is 2. The summed E-state index contributed by atoms with van der Waals surface area (Å²) < 4.78 is 23.7. The van der Waals surface area contributed by atoms with Crippen LogP contribution in [0.4, 0.5) is 0 Å². The summed E-state index contributed by atoms with van der Waals surface area (Å²) in [5.74, 6) is 1.49. The van der Waals surface area contributed by atoms with E-state index in [9.17, 15) is 0 Å². The standard InChI is InChI=1S/C19H23N3O2S3Si/c1-23-18-7-3-16(4-8-18)17-5-9-19(10-6-17)24-11-2-12-28(20-13-25,21-14-26)22-15-27/h3-4,7-8,17,19H,2,5-6,9-12H2,1H3. The number of hydrogen-bond donors (Lipinski definition) is 0. The van der Waals surface area contributed by atoms with Gasteiger partial charge in [-0.25, -0.2) is 14.0 Å². The number of benzene rings is 1. The van der Waals surface area contributed by atoms with Gasteiger partial charge in [-0.3, -0.25) is 0 Å². The van der Waals surface area contributed by atoms with Gasteiger partial charge in [0.15, 0.2) is 0 Å². The van der Waals surface area contributed by atoms with E-state index >= 15 is 0 Å². The molecule has 0 heterocycles. The monoisotopic (exact) mass is 449 g/mol. The maximum absolute atomic E-state index is 6.07. The quantitative estimate of drug-likeness (QED) is 0.208. The van der Waals surface area contributed by atoms with E-state index < -0.39 is 8.56 Å². The Labute approximate surface area is 183 Å². The highest BCUT2D eigenvalue weighted by molar-refractivity contribution is 7.78. The first-order valence-corrected chi connectivity index (χ1v) is 12.5. The van der Waals surface area contributed by atoms with Gasteiger partial charge in [0.25, 0.3) is 0 Å².